The zero-order chi connectivity index (χ0) is 12.0. The van der Waals surface area contributed by atoms with Crippen molar-refractivity contribution in [1.82, 2.24) is 10.2 Å². The Labute approximate surface area is 97.5 Å². The first-order chi connectivity index (χ1) is 7.61. The summed E-state index contributed by atoms with van der Waals surface area (Å²) in [6, 6.07) is 7.18. The van der Waals surface area contributed by atoms with Crippen LogP contribution in [0, 0.1) is 5.82 Å². The molecule has 1 aromatic carbocycles. The Kier molecular flexibility index (Phi) is 5.43. The summed E-state index contributed by atoms with van der Waals surface area (Å²) in [6.45, 7) is 7.12. The molecule has 3 heteroatoms. The van der Waals surface area contributed by atoms with Crippen LogP contribution in [-0.2, 0) is 6.54 Å². The molecule has 0 saturated carbocycles. The lowest BCUT2D eigenvalue weighted by Crippen LogP contribution is -2.36. The van der Waals surface area contributed by atoms with Crippen LogP contribution >= 0.6 is 0 Å². The van der Waals surface area contributed by atoms with Crippen LogP contribution in [-0.4, -0.2) is 31.1 Å². The Morgan fingerprint density at radius 1 is 1.31 bits per heavy atom. The summed E-state index contributed by atoms with van der Waals surface area (Å²) in [7, 11) is 2.08. The third kappa shape index (κ3) is 4.73. The van der Waals surface area contributed by atoms with E-state index >= 15 is 0 Å². The van der Waals surface area contributed by atoms with Gasteiger partial charge in [-0.05, 0) is 38.2 Å². The van der Waals surface area contributed by atoms with Gasteiger partial charge in [0.1, 0.15) is 5.82 Å². The van der Waals surface area contributed by atoms with Crippen LogP contribution in [0.5, 0.6) is 0 Å². The molecule has 1 rings (SSSR count). The molecule has 1 atom stereocenters. The first kappa shape index (κ1) is 13.1. The third-order valence-electron chi connectivity index (χ3n) is 2.50. The van der Waals surface area contributed by atoms with Gasteiger partial charge < -0.3 is 10.2 Å². The first-order valence-electron chi connectivity index (χ1n) is 5.78. The van der Waals surface area contributed by atoms with Crippen LogP contribution in [0.4, 0.5) is 4.39 Å². The Morgan fingerprint density at radius 3 is 2.50 bits per heavy atom. The molecular formula is C13H21FN2. The average Bonchev–Trinajstić information content (AvgIpc) is 2.21. The second-order valence-electron chi connectivity index (χ2n) is 4.28. The molecule has 0 amide bonds. The second kappa shape index (κ2) is 6.61. The normalized spacial score (nSPS) is 13.1. The maximum atomic E-state index is 12.7. The predicted octanol–water partition coefficient (Wildman–Crippen LogP) is 2.26. The smallest absolute Gasteiger partial charge is 0.123 e. The van der Waals surface area contributed by atoms with Crippen molar-refractivity contribution in [2.45, 2.75) is 26.4 Å². The maximum Gasteiger partial charge on any atom is 0.123 e. The van der Waals surface area contributed by atoms with Crippen molar-refractivity contribution in [3.05, 3.63) is 35.6 Å². The van der Waals surface area contributed by atoms with Gasteiger partial charge in [-0.1, -0.05) is 19.1 Å². The molecule has 0 spiro atoms. The van der Waals surface area contributed by atoms with Crippen molar-refractivity contribution in [2.24, 2.45) is 0 Å². The summed E-state index contributed by atoms with van der Waals surface area (Å²) in [4.78, 5) is 2.24. The molecule has 0 bridgehead atoms. The summed E-state index contributed by atoms with van der Waals surface area (Å²) in [5, 5.41) is 3.37. The van der Waals surface area contributed by atoms with Gasteiger partial charge in [-0.15, -0.1) is 0 Å². The molecule has 0 aliphatic carbocycles. The standard InChI is InChI=1S/C13H21FN2/c1-4-15-11(2)9-16(3)10-12-5-7-13(14)8-6-12/h5-8,11,15H,4,9-10H2,1-3H3. The van der Waals surface area contributed by atoms with E-state index in [0.29, 0.717) is 6.04 Å². The third-order valence-corrected chi connectivity index (χ3v) is 2.50. The minimum absolute atomic E-state index is 0.174. The highest BCUT2D eigenvalue weighted by Crippen LogP contribution is 2.05. The average molecular weight is 224 g/mol. The van der Waals surface area contributed by atoms with Crippen LogP contribution in [0.2, 0.25) is 0 Å². The van der Waals surface area contributed by atoms with E-state index in [2.05, 4.69) is 31.1 Å². The van der Waals surface area contributed by atoms with E-state index in [1.54, 1.807) is 0 Å². The second-order valence-corrected chi connectivity index (χ2v) is 4.28. The molecule has 0 aliphatic heterocycles. The van der Waals surface area contributed by atoms with Gasteiger partial charge in [0, 0.05) is 19.1 Å². The topological polar surface area (TPSA) is 15.3 Å². The number of nitrogens with zero attached hydrogens (tertiary/aromatic N) is 1. The molecule has 0 fully saturated rings. The molecule has 90 valence electrons. The number of nitrogens with one attached hydrogen (secondary N) is 1. The number of likely N-dealkylation sites (N-methyl/N-ethyl adjacent to an activating group) is 2. The van der Waals surface area contributed by atoms with Crippen LogP contribution in [0.25, 0.3) is 0 Å². The van der Waals surface area contributed by atoms with E-state index < -0.39 is 0 Å². The SMILES string of the molecule is CCNC(C)CN(C)Cc1ccc(F)cc1. The molecular weight excluding hydrogens is 203 g/mol. The van der Waals surface area contributed by atoms with Crippen LogP contribution in [0.3, 0.4) is 0 Å². The van der Waals surface area contributed by atoms with Crippen LogP contribution < -0.4 is 5.32 Å². The minimum atomic E-state index is -0.174. The van der Waals surface area contributed by atoms with E-state index in [0.717, 1.165) is 25.2 Å². The largest absolute Gasteiger partial charge is 0.313 e. The predicted molar refractivity (Wildman–Crippen MR) is 65.9 cm³/mol. The first-order valence-corrected chi connectivity index (χ1v) is 5.78. The van der Waals surface area contributed by atoms with E-state index in [1.165, 1.54) is 12.1 Å². The van der Waals surface area contributed by atoms with Crippen molar-refractivity contribution >= 4 is 0 Å². The Bertz CT molecular complexity index is 297. The van der Waals surface area contributed by atoms with E-state index in [4.69, 9.17) is 0 Å². The summed E-state index contributed by atoms with van der Waals surface area (Å²) in [5.41, 5.74) is 1.15. The molecule has 1 N–H and O–H groups in total. The van der Waals surface area contributed by atoms with Gasteiger partial charge in [-0.3, -0.25) is 0 Å². The zero-order valence-corrected chi connectivity index (χ0v) is 10.3. The molecule has 0 heterocycles. The molecule has 2 nitrogen and oxygen atoms in total. The van der Waals surface area contributed by atoms with Gasteiger partial charge in [-0.2, -0.15) is 0 Å². The summed E-state index contributed by atoms with van der Waals surface area (Å²) >= 11 is 0. The number of hydrogen-bond donors (Lipinski definition) is 1. The highest BCUT2D eigenvalue weighted by Gasteiger charge is 2.05. The van der Waals surface area contributed by atoms with Gasteiger partial charge in [0.2, 0.25) is 0 Å². The van der Waals surface area contributed by atoms with Gasteiger partial charge in [0.15, 0.2) is 0 Å². The number of benzene rings is 1. The molecule has 0 aromatic heterocycles. The highest BCUT2D eigenvalue weighted by molar-refractivity contribution is 5.15. The van der Waals surface area contributed by atoms with Crippen molar-refractivity contribution in [2.75, 3.05) is 20.1 Å². The van der Waals surface area contributed by atoms with Crippen LogP contribution in [0.1, 0.15) is 19.4 Å². The van der Waals surface area contributed by atoms with Crippen molar-refractivity contribution < 1.29 is 4.39 Å². The Hall–Kier alpha value is -0.930. The Balaban J connectivity index is 2.39. The van der Waals surface area contributed by atoms with Gasteiger partial charge >= 0.3 is 0 Å². The summed E-state index contributed by atoms with van der Waals surface area (Å²) in [5.74, 6) is -0.174. The number of rotatable bonds is 6. The molecule has 1 unspecified atom stereocenters. The lowest BCUT2D eigenvalue weighted by Gasteiger charge is -2.21. The minimum Gasteiger partial charge on any atom is -0.313 e. The van der Waals surface area contributed by atoms with E-state index in [9.17, 15) is 4.39 Å². The van der Waals surface area contributed by atoms with Crippen molar-refractivity contribution in [1.29, 1.82) is 0 Å². The molecule has 16 heavy (non-hydrogen) atoms. The summed E-state index contributed by atoms with van der Waals surface area (Å²) in [6.07, 6.45) is 0. The fourth-order valence-corrected chi connectivity index (χ4v) is 1.85. The van der Waals surface area contributed by atoms with Gasteiger partial charge in [-0.25, -0.2) is 4.39 Å². The zero-order valence-electron chi connectivity index (χ0n) is 10.3. The lowest BCUT2D eigenvalue weighted by molar-refractivity contribution is 0.291. The van der Waals surface area contributed by atoms with Gasteiger partial charge in [0.05, 0.1) is 0 Å². The maximum absolute atomic E-state index is 12.7. The number of halogens is 1. The molecule has 0 saturated heterocycles. The lowest BCUT2D eigenvalue weighted by atomic mass is 10.2. The van der Waals surface area contributed by atoms with E-state index in [-0.39, 0.29) is 5.82 Å². The number of hydrogen-bond acceptors (Lipinski definition) is 2. The fourth-order valence-electron chi connectivity index (χ4n) is 1.85. The fraction of sp³-hybridized carbons (Fsp3) is 0.538. The molecule has 1 aromatic rings. The highest BCUT2D eigenvalue weighted by atomic mass is 19.1. The summed E-state index contributed by atoms with van der Waals surface area (Å²) < 4.78 is 12.7. The quantitative estimate of drug-likeness (QED) is 0.797. The molecule has 0 aliphatic rings. The monoisotopic (exact) mass is 224 g/mol. The van der Waals surface area contributed by atoms with Crippen LogP contribution in [0.15, 0.2) is 24.3 Å². The van der Waals surface area contributed by atoms with Gasteiger partial charge in [0.25, 0.3) is 0 Å². The van der Waals surface area contributed by atoms with Crippen molar-refractivity contribution in [3.8, 4) is 0 Å². The van der Waals surface area contributed by atoms with Crippen molar-refractivity contribution in [3.63, 3.8) is 0 Å². The molecule has 0 radical (unpaired) electrons. The Morgan fingerprint density at radius 2 is 1.94 bits per heavy atom. The van der Waals surface area contributed by atoms with E-state index in [1.807, 2.05) is 12.1 Å².